The Balaban J connectivity index is 1.45. The lowest BCUT2D eigenvalue weighted by Crippen LogP contribution is -2.22. The summed E-state index contributed by atoms with van der Waals surface area (Å²) in [7, 11) is 3.20. The van der Waals surface area contributed by atoms with Crippen LogP contribution < -0.4 is 14.8 Å². The summed E-state index contributed by atoms with van der Waals surface area (Å²) >= 11 is 1.70. The summed E-state index contributed by atoms with van der Waals surface area (Å²) < 4.78 is 11.7. The van der Waals surface area contributed by atoms with Gasteiger partial charge in [-0.3, -0.25) is 4.79 Å². The summed E-state index contributed by atoms with van der Waals surface area (Å²) in [6.07, 6.45) is 2.10. The molecule has 3 aromatic rings. The lowest BCUT2D eigenvalue weighted by molar-refractivity contribution is -0.121. The van der Waals surface area contributed by atoms with Gasteiger partial charge in [0.15, 0.2) is 11.5 Å². The first-order chi connectivity index (χ1) is 12.7. The molecule has 0 saturated carbocycles. The molecule has 1 heterocycles. The number of nitrogens with one attached hydrogen (secondary N) is 1. The summed E-state index contributed by atoms with van der Waals surface area (Å²) in [6.45, 7) is 0.473. The minimum absolute atomic E-state index is 0.0425. The maximum Gasteiger partial charge on any atom is 0.220 e. The number of carbonyl (C=O) groups excluding carboxylic acids is 1. The maximum absolute atomic E-state index is 12.1. The number of thiazole rings is 1. The van der Waals surface area contributed by atoms with Crippen LogP contribution in [0.4, 0.5) is 0 Å². The highest BCUT2D eigenvalue weighted by atomic mass is 32.1. The van der Waals surface area contributed by atoms with Crippen molar-refractivity contribution in [3.63, 3.8) is 0 Å². The van der Waals surface area contributed by atoms with Crippen molar-refractivity contribution in [2.75, 3.05) is 14.2 Å². The third kappa shape index (κ3) is 4.52. The van der Waals surface area contributed by atoms with E-state index < -0.39 is 0 Å². The zero-order valence-electron chi connectivity index (χ0n) is 15.0. The van der Waals surface area contributed by atoms with Gasteiger partial charge in [-0.05, 0) is 42.7 Å². The van der Waals surface area contributed by atoms with E-state index in [0.29, 0.717) is 24.5 Å². The molecular weight excluding hydrogens is 348 g/mol. The molecule has 0 saturated heterocycles. The molecule has 1 aromatic heterocycles. The number of aryl methyl sites for hydroxylation is 1. The van der Waals surface area contributed by atoms with Crippen molar-refractivity contribution in [2.45, 2.75) is 25.8 Å². The predicted molar refractivity (Wildman–Crippen MR) is 104 cm³/mol. The highest BCUT2D eigenvalue weighted by molar-refractivity contribution is 7.18. The van der Waals surface area contributed by atoms with Gasteiger partial charge in [-0.15, -0.1) is 11.3 Å². The molecule has 0 spiro atoms. The monoisotopic (exact) mass is 370 g/mol. The van der Waals surface area contributed by atoms with E-state index in [1.807, 2.05) is 36.4 Å². The Hall–Kier alpha value is -2.60. The molecule has 0 aliphatic rings. The van der Waals surface area contributed by atoms with Crippen molar-refractivity contribution in [3.05, 3.63) is 53.0 Å². The van der Waals surface area contributed by atoms with Crippen LogP contribution in [0.5, 0.6) is 11.5 Å². The van der Waals surface area contributed by atoms with Gasteiger partial charge in [-0.2, -0.15) is 0 Å². The zero-order chi connectivity index (χ0) is 18.4. The Morgan fingerprint density at radius 1 is 1.12 bits per heavy atom. The van der Waals surface area contributed by atoms with Crippen molar-refractivity contribution in [3.8, 4) is 11.5 Å². The molecule has 2 aromatic carbocycles. The number of aromatic nitrogens is 1. The molecule has 0 atom stereocenters. The smallest absolute Gasteiger partial charge is 0.220 e. The van der Waals surface area contributed by atoms with E-state index in [2.05, 4.69) is 16.4 Å². The van der Waals surface area contributed by atoms with Crippen molar-refractivity contribution in [2.24, 2.45) is 0 Å². The summed E-state index contributed by atoms with van der Waals surface area (Å²) in [5, 5.41) is 4.03. The lowest BCUT2D eigenvalue weighted by Gasteiger charge is -2.10. The Labute approximate surface area is 157 Å². The number of ether oxygens (including phenoxy) is 2. The average molecular weight is 370 g/mol. The van der Waals surface area contributed by atoms with Gasteiger partial charge in [0.25, 0.3) is 0 Å². The van der Waals surface area contributed by atoms with Gasteiger partial charge < -0.3 is 14.8 Å². The lowest BCUT2D eigenvalue weighted by atomic mass is 10.2. The van der Waals surface area contributed by atoms with Crippen molar-refractivity contribution in [1.29, 1.82) is 0 Å². The molecule has 0 unspecified atom stereocenters. The number of para-hydroxylation sites is 1. The van der Waals surface area contributed by atoms with Gasteiger partial charge in [0.05, 0.1) is 29.4 Å². The Kier molecular flexibility index (Phi) is 6.07. The molecule has 26 heavy (non-hydrogen) atoms. The van der Waals surface area contributed by atoms with E-state index in [1.165, 1.54) is 4.70 Å². The summed E-state index contributed by atoms with van der Waals surface area (Å²) in [5.41, 5.74) is 2.01. The van der Waals surface area contributed by atoms with Crippen LogP contribution in [0.15, 0.2) is 42.5 Å². The number of hydrogen-bond donors (Lipinski definition) is 1. The Bertz CT molecular complexity index is 859. The Morgan fingerprint density at radius 2 is 1.92 bits per heavy atom. The van der Waals surface area contributed by atoms with Crippen molar-refractivity contribution in [1.82, 2.24) is 10.3 Å². The molecular formula is C20H22N2O3S. The highest BCUT2D eigenvalue weighted by Gasteiger charge is 2.08. The second kappa shape index (κ2) is 8.67. The van der Waals surface area contributed by atoms with E-state index in [0.717, 1.165) is 28.9 Å². The fraction of sp³-hybridized carbons (Fsp3) is 0.300. The minimum Gasteiger partial charge on any atom is -0.493 e. The molecule has 5 nitrogen and oxygen atoms in total. The summed E-state index contributed by atoms with van der Waals surface area (Å²) in [6, 6.07) is 13.7. The first-order valence-corrected chi connectivity index (χ1v) is 9.33. The molecule has 1 N–H and O–H groups in total. The number of methoxy groups -OCH3 is 2. The standard InChI is InChI=1S/C20H22N2O3S/c1-24-16-11-10-14(12-17(16)25-2)13-21-19(23)8-5-9-20-22-15-6-3-4-7-18(15)26-20/h3-4,6-7,10-12H,5,8-9,13H2,1-2H3,(H,21,23). The molecule has 0 fully saturated rings. The van der Waals surface area contributed by atoms with E-state index >= 15 is 0 Å². The molecule has 0 aliphatic heterocycles. The highest BCUT2D eigenvalue weighted by Crippen LogP contribution is 2.27. The van der Waals surface area contributed by atoms with Gasteiger partial charge in [-0.25, -0.2) is 4.98 Å². The molecule has 0 radical (unpaired) electrons. The number of benzene rings is 2. The molecule has 0 aliphatic carbocycles. The summed E-state index contributed by atoms with van der Waals surface area (Å²) in [4.78, 5) is 16.7. The van der Waals surface area contributed by atoms with Gasteiger partial charge in [0, 0.05) is 13.0 Å². The zero-order valence-corrected chi connectivity index (χ0v) is 15.8. The van der Waals surface area contributed by atoms with E-state index in [1.54, 1.807) is 25.6 Å². The second-order valence-electron chi connectivity index (χ2n) is 5.89. The quantitative estimate of drug-likeness (QED) is 0.652. The number of hydrogen-bond acceptors (Lipinski definition) is 5. The van der Waals surface area contributed by atoms with Crippen LogP contribution >= 0.6 is 11.3 Å². The number of fused-ring (bicyclic) bond motifs is 1. The molecule has 0 bridgehead atoms. The van der Waals surface area contributed by atoms with Crippen LogP contribution in [0, 0.1) is 0 Å². The van der Waals surface area contributed by atoms with E-state index in [4.69, 9.17) is 9.47 Å². The normalized spacial score (nSPS) is 10.7. The van der Waals surface area contributed by atoms with Crippen LogP contribution in [-0.4, -0.2) is 25.1 Å². The SMILES string of the molecule is COc1ccc(CNC(=O)CCCc2nc3ccccc3s2)cc1OC. The van der Waals surface area contributed by atoms with E-state index in [-0.39, 0.29) is 5.91 Å². The van der Waals surface area contributed by atoms with Gasteiger partial charge in [-0.1, -0.05) is 18.2 Å². The minimum atomic E-state index is 0.0425. The van der Waals surface area contributed by atoms with E-state index in [9.17, 15) is 4.79 Å². The second-order valence-corrected chi connectivity index (χ2v) is 7.01. The predicted octanol–water partition coefficient (Wildman–Crippen LogP) is 3.95. The number of amides is 1. The molecule has 136 valence electrons. The first-order valence-electron chi connectivity index (χ1n) is 8.51. The maximum atomic E-state index is 12.1. The third-order valence-corrected chi connectivity index (χ3v) is 5.17. The van der Waals surface area contributed by atoms with Crippen LogP contribution in [0.1, 0.15) is 23.4 Å². The fourth-order valence-corrected chi connectivity index (χ4v) is 3.72. The van der Waals surface area contributed by atoms with Gasteiger partial charge >= 0.3 is 0 Å². The number of rotatable bonds is 8. The molecule has 3 rings (SSSR count). The van der Waals surface area contributed by atoms with Crippen molar-refractivity contribution < 1.29 is 14.3 Å². The summed E-state index contributed by atoms with van der Waals surface area (Å²) in [5.74, 6) is 1.38. The first kappa shape index (κ1) is 18.2. The van der Waals surface area contributed by atoms with Crippen LogP contribution in [0.2, 0.25) is 0 Å². The van der Waals surface area contributed by atoms with Crippen molar-refractivity contribution >= 4 is 27.5 Å². The van der Waals surface area contributed by atoms with Crippen LogP contribution in [0.25, 0.3) is 10.2 Å². The molecule has 6 heteroatoms. The molecule has 1 amide bonds. The van der Waals surface area contributed by atoms with Crippen LogP contribution in [0.3, 0.4) is 0 Å². The number of carbonyl (C=O) groups is 1. The van der Waals surface area contributed by atoms with Crippen LogP contribution in [-0.2, 0) is 17.8 Å². The van der Waals surface area contributed by atoms with Gasteiger partial charge in [0.2, 0.25) is 5.91 Å². The third-order valence-electron chi connectivity index (χ3n) is 4.07. The topological polar surface area (TPSA) is 60.5 Å². The van der Waals surface area contributed by atoms with Gasteiger partial charge in [0.1, 0.15) is 0 Å². The fourth-order valence-electron chi connectivity index (χ4n) is 2.71. The average Bonchev–Trinajstić information content (AvgIpc) is 3.08. The largest absolute Gasteiger partial charge is 0.493 e. The number of nitrogens with zero attached hydrogens (tertiary/aromatic N) is 1. The Morgan fingerprint density at radius 3 is 2.69 bits per heavy atom.